The molecule has 1 aromatic carbocycles. The van der Waals surface area contributed by atoms with Crippen LogP contribution >= 0.6 is 0 Å². The summed E-state index contributed by atoms with van der Waals surface area (Å²) in [7, 11) is -2.23. The van der Waals surface area contributed by atoms with Crippen LogP contribution in [0.25, 0.3) is 0 Å². The molecule has 0 radical (unpaired) electrons. The Morgan fingerprint density at radius 3 is 2.62 bits per heavy atom. The number of nitrogens with one attached hydrogen (secondary N) is 1. The van der Waals surface area contributed by atoms with E-state index in [2.05, 4.69) is 4.72 Å². The molecule has 0 bridgehead atoms. The van der Waals surface area contributed by atoms with E-state index >= 15 is 0 Å². The SMILES string of the molecule is COc1ccc(C(C)NS(=O)(=O)N2CCOCC2)cc1F. The standard InChI is InChI=1S/C13H19FN2O4S/c1-10(11-3-4-13(19-2)12(14)9-11)15-21(17,18)16-5-7-20-8-6-16/h3-4,9-10,15H,5-8H2,1-2H3. The van der Waals surface area contributed by atoms with Crippen molar-refractivity contribution in [3.63, 3.8) is 0 Å². The van der Waals surface area contributed by atoms with Crippen molar-refractivity contribution in [1.29, 1.82) is 0 Å². The number of nitrogens with zero attached hydrogens (tertiary/aromatic N) is 1. The lowest BCUT2D eigenvalue weighted by atomic mass is 10.1. The van der Waals surface area contributed by atoms with Crippen LogP contribution in [0.4, 0.5) is 4.39 Å². The van der Waals surface area contributed by atoms with E-state index in [0.717, 1.165) is 0 Å². The maximum Gasteiger partial charge on any atom is 0.280 e. The van der Waals surface area contributed by atoms with Crippen LogP contribution in [-0.2, 0) is 14.9 Å². The van der Waals surface area contributed by atoms with Crippen molar-refractivity contribution in [2.75, 3.05) is 33.4 Å². The van der Waals surface area contributed by atoms with Crippen molar-refractivity contribution in [2.24, 2.45) is 0 Å². The normalized spacial score (nSPS) is 18.4. The van der Waals surface area contributed by atoms with Gasteiger partial charge in [0.05, 0.1) is 20.3 Å². The van der Waals surface area contributed by atoms with Gasteiger partial charge in [0.2, 0.25) is 0 Å². The van der Waals surface area contributed by atoms with E-state index in [1.807, 2.05) is 0 Å². The quantitative estimate of drug-likeness (QED) is 0.881. The van der Waals surface area contributed by atoms with Gasteiger partial charge in [-0.25, -0.2) is 4.39 Å². The lowest BCUT2D eigenvalue weighted by Crippen LogP contribution is -2.47. The highest BCUT2D eigenvalue weighted by Gasteiger charge is 2.26. The fourth-order valence-corrected chi connectivity index (χ4v) is 3.47. The zero-order chi connectivity index (χ0) is 15.5. The second-order valence-corrected chi connectivity index (χ2v) is 6.45. The molecule has 1 fully saturated rings. The van der Waals surface area contributed by atoms with Gasteiger partial charge in [0.15, 0.2) is 11.6 Å². The molecular weight excluding hydrogens is 299 g/mol. The van der Waals surface area contributed by atoms with Gasteiger partial charge in [-0.3, -0.25) is 0 Å². The number of morpholine rings is 1. The third-order valence-electron chi connectivity index (χ3n) is 3.31. The Morgan fingerprint density at radius 2 is 2.05 bits per heavy atom. The van der Waals surface area contributed by atoms with Gasteiger partial charge >= 0.3 is 0 Å². The minimum Gasteiger partial charge on any atom is -0.494 e. The molecule has 1 N–H and O–H groups in total. The zero-order valence-electron chi connectivity index (χ0n) is 12.0. The Morgan fingerprint density at radius 1 is 1.38 bits per heavy atom. The highest BCUT2D eigenvalue weighted by atomic mass is 32.2. The van der Waals surface area contributed by atoms with Gasteiger partial charge in [-0.2, -0.15) is 17.4 Å². The summed E-state index contributed by atoms with van der Waals surface area (Å²) in [5, 5.41) is 0. The van der Waals surface area contributed by atoms with Crippen LogP contribution in [0.2, 0.25) is 0 Å². The van der Waals surface area contributed by atoms with Crippen molar-refractivity contribution in [2.45, 2.75) is 13.0 Å². The maximum absolute atomic E-state index is 13.7. The van der Waals surface area contributed by atoms with Crippen molar-refractivity contribution in [1.82, 2.24) is 9.03 Å². The molecule has 1 unspecified atom stereocenters. The lowest BCUT2D eigenvalue weighted by molar-refractivity contribution is 0.0723. The molecule has 0 aromatic heterocycles. The van der Waals surface area contributed by atoms with E-state index in [0.29, 0.717) is 31.9 Å². The Kier molecular flexibility index (Phi) is 5.15. The minimum absolute atomic E-state index is 0.127. The first kappa shape index (κ1) is 16.2. The first-order valence-electron chi connectivity index (χ1n) is 6.62. The summed E-state index contributed by atoms with van der Waals surface area (Å²) in [5.41, 5.74) is 0.533. The van der Waals surface area contributed by atoms with E-state index in [9.17, 15) is 12.8 Å². The Hall–Kier alpha value is -1.22. The second-order valence-electron chi connectivity index (χ2n) is 4.75. The Balaban J connectivity index is 2.09. The largest absolute Gasteiger partial charge is 0.494 e. The zero-order valence-corrected chi connectivity index (χ0v) is 12.8. The van der Waals surface area contributed by atoms with Crippen LogP contribution in [0.1, 0.15) is 18.5 Å². The number of hydrogen-bond donors (Lipinski definition) is 1. The van der Waals surface area contributed by atoms with Crippen LogP contribution < -0.4 is 9.46 Å². The highest BCUT2D eigenvalue weighted by Crippen LogP contribution is 2.22. The van der Waals surface area contributed by atoms with Gasteiger partial charge < -0.3 is 9.47 Å². The molecule has 2 rings (SSSR count). The molecule has 1 aliphatic heterocycles. The van der Waals surface area contributed by atoms with Gasteiger partial charge in [-0.05, 0) is 24.6 Å². The van der Waals surface area contributed by atoms with Crippen molar-refractivity contribution in [3.05, 3.63) is 29.6 Å². The first-order chi connectivity index (χ1) is 9.94. The number of methoxy groups -OCH3 is 1. The molecule has 1 saturated heterocycles. The molecule has 0 amide bonds. The van der Waals surface area contributed by atoms with Crippen molar-refractivity contribution < 1.29 is 22.3 Å². The number of halogens is 1. The van der Waals surface area contributed by atoms with Crippen LogP contribution in [0, 0.1) is 5.82 Å². The molecule has 21 heavy (non-hydrogen) atoms. The van der Waals surface area contributed by atoms with Crippen LogP contribution in [0.3, 0.4) is 0 Å². The van der Waals surface area contributed by atoms with Gasteiger partial charge in [-0.15, -0.1) is 0 Å². The molecule has 1 atom stereocenters. The summed E-state index contributed by atoms with van der Waals surface area (Å²) >= 11 is 0. The van der Waals surface area contributed by atoms with Gasteiger partial charge in [0, 0.05) is 19.1 Å². The maximum atomic E-state index is 13.7. The molecular formula is C13H19FN2O4S. The van der Waals surface area contributed by atoms with Crippen LogP contribution in [0.5, 0.6) is 5.75 Å². The molecule has 8 heteroatoms. The summed E-state index contributed by atoms with van der Waals surface area (Å²) < 4.78 is 51.9. The summed E-state index contributed by atoms with van der Waals surface area (Å²) in [6, 6.07) is 3.84. The molecule has 6 nitrogen and oxygen atoms in total. The second kappa shape index (κ2) is 6.69. The predicted molar refractivity (Wildman–Crippen MR) is 75.8 cm³/mol. The minimum atomic E-state index is -3.61. The molecule has 1 aromatic rings. The molecule has 1 heterocycles. The Bertz CT molecular complexity index is 588. The summed E-state index contributed by atoms with van der Waals surface area (Å²) in [5.74, 6) is -0.394. The van der Waals surface area contributed by atoms with E-state index < -0.39 is 22.1 Å². The monoisotopic (exact) mass is 318 g/mol. The van der Waals surface area contributed by atoms with E-state index in [-0.39, 0.29) is 5.75 Å². The van der Waals surface area contributed by atoms with E-state index in [1.165, 1.54) is 23.5 Å². The summed E-state index contributed by atoms with van der Waals surface area (Å²) in [6.45, 7) is 3.07. The van der Waals surface area contributed by atoms with Crippen LogP contribution in [-0.4, -0.2) is 46.1 Å². The predicted octanol–water partition coefficient (Wildman–Crippen LogP) is 1.06. The number of hydrogen-bond acceptors (Lipinski definition) is 4. The topological polar surface area (TPSA) is 67.9 Å². The number of rotatable bonds is 5. The van der Waals surface area contributed by atoms with E-state index in [1.54, 1.807) is 13.0 Å². The molecule has 0 saturated carbocycles. The highest BCUT2D eigenvalue weighted by molar-refractivity contribution is 7.87. The average Bonchev–Trinajstić information content (AvgIpc) is 2.47. The summed E-state index contributed by atoms with van der Waals surface area (Å²) in [4.78, 5) is 0. The first-order valence-corrected chi connectivity index (χ1v) is 8.06. The van der Waals surface area contributed by atoms with Crippen molar-refractivity contribution >= 4 is 10.2 Å². The third-order valence-corrected chi connectivity index (χ3v) is 5.01. The van der Waals surface area contributed by atoms with Crippen molar-refractivity contribution in [3.8, 4) is 5.75 Å². The average molecular weight is 318 g/mol. The molecule has 0 aliphatic carbocycles. The van der Waals surface area contributed by atoms with Gasteiger partial charge in [0.25, 0.3) is 10.2 Å². The molecule has 1 aliphatic rings. The van der Waals surface area contributed by atoms with Gasteiger partial charge in [0.1, 0.15) is 0 Å². The number of ether oxygens (including phenoxy) is 2. The lowest BCUT2D eigenvalue weighted by Gasteiger charge is -2.27. The smallest absolute Gasteiger partial charge is 0.280 e. The van der Waals surface area contributed by atoms with Gasteiger partial charge in [-0.1, -0.05) is 6.07 Å². The Labute approximate surface area is 124 Å². The molecule has 0 spiro atoms. The van der Waals surface area contributed by atoms with E-state index in [4.69, 9.17) is 9.47 Å². The number of benzene rings is 1. The molecule has 118 valence electrons. The third kappa shape index (κ3) is 3.91. The fraction of sp³-hybridized carbons (Fsp3) is 0.538. The fourth-order valence-electron chi connectivity index (χ4n) is 2.10. The van der Waals surface area contributed by atoms with Crippen LogP contribution in [0.15, 0.2) is 18.2 Å². The summed E-state index contributed by atoms with van der Waals surface area (Å²) in [6.07, 6.45) is 0.